The highest BCUT2D eigenvalue weighted by atomic mass is 35.5. The van der Waals surface area contributed by atoms with Gasteiger partial charge < -0.3 is 19.3 Å². The zero-order valence-electron chi connectivity index (χ0n) is 19.0. The van der Waals surface area contributed by atoms with Gasteiger partial charge in [0.2, 0.25) is 0 Å². The van der Waals surface area contributed by atoms with Crippen LogP contribution in [0.15, 0.2) is 48.5 Å². The number of ether oxygens (including phenoxy) is 2. The van der Waals surface area contributed by atoms with Crippen molar-refractivity contribution < 1.29 is 19.1 Å². The number of nitrogens with zero attached hydrogens (tertiary/aromatic N) is 3. The summed E-state index contributed by atoms with van der Waals surface area (Å²) in [6.45, 7) is 6.19. The van der Waals surface area contributed by atoms with Gasteiger partial charge >= 0.3 is 0 Å². The van der Waals surface area contributed by atoms with Gasteiger partial charge in [-0.3, -0.25) is 14.5 Å². The van der Waals surface area contributed by atoms with E-state index in [2.05, 4.69) is 4.90 Å². The Kier molecular flexibility index (Phi) is 8.80. The lowest BCUT2D eigenvalue weighted by atomic mass is 10.1. The number of rotatable bonds is 7. The normalized spacial score (nSPS) is 19.1. The van der Waals surface area contributed by atoms with Crippen molar-refractivity contribution in [2.45, 2.75) is 6.10 Å². The Morgan fingerprint density at radius 3 is 2.44 bits per heavy atom. The second-order valence-corrected chi connectivity index (χ2v) is 9.26. The average Bonchev–Trinajstić information content (AvgIpc) is 2.88. The fraction of sp³-hybridized carbons (Fsp3) is 0.440. The minimum absolute atomic E-state index is 0.0367. The lowest BCUT2D eigenvalue weighted by Crippen LogP contribution is -2.52. The summed E-state index contributed by atoms with van der Waals surface area (Å²) in [5.41, 5.74) is 1.13. The molecule has 0 spiro atoms. The molecule has 182 valence electrons. The number of hydrogen-bond acceptors (Lipinski definition) is 5. The first kappa shape index (κ1) is 24.9. The van der Waals surface area contributed by atoms with E-state index in [1.54, 1.807) is 23.1 Å². The van der Waals surface area contributed by atoms with Crippen LogP contribution in [0.1, 0.15) is 20.7 Å². The van der Waals surface area contributed by atoms with Crippen LogP contribution >= 0.6 is 23.2 Å². The Hall–Kier alpha value is -2.16. The zero-order valence-corrected chi connectivity index (χ0v) is 20.5. The molecule has 0 bridgehead atoms. The fourth-order valence-corrected chi connectivity index (χ4v) is 4.50. The molecule has 34 heavy (non-hydrogen) atoms. The molecule has 0 saturated carbocycles. The molecule has 7 nitrogen and oxygen atoms in total. The number of carbonyl (C=O) groups is 2. The van der Waals surface area contributed by atoms with Crippen LogP contribution in [0.3, 0.4) is 0 Å². The summed E-state index contributed by atoms with van der Waals surface area (Å²) in [5, 5.41) is 0.758. The number of morpholine rings is 2. The van der Waals surface area contributed by atoms with Crippen LogP contribution in [0.4, 0.5) is 0 Å². The number of halogens is 2. The molecule has 2 fully saturated rings. The maximum absolute atomic E-state index is 13.3. The van der Waals surface area contributed by atoms with Crippen molar-refractivity contribution in [2.75, 3.05) is 65.6 Å². The van der Waals surface area contributed by atoms with Crippen LogP contribution in [-0.2, 0) is 9.47 Å². The van der Waals surface area contributed by atoms with E-state index < -0.39 is 0 Å². The summed E-state index contributed by atoms with van der Waals surface area (Å²) in [4.78, 5) is 32.3. The molecule has 4 rings (SSSR count). The summed E-state index contributed by atoms with van der Waals surface area (Å²) in [6.07, 6.45) is -0.280. The van der Waals surface area contributed by atoms with Gasteiger partial charge in [0.15, 0.2) is 0 Å². The van der Waals surface area contributed by atoms with Crippen LogP contribution in [0.2, 0.25) is 10.0 Å². The largest absolute Gasteiger partial charge is 0.379 e. The van der Waals surface area contributed by atoms with Crippen molar-refractivity contribution in [1.29, 1.82) is 0 Å². The van der Waals surface area contributed by atoms with Gasteiger partial charge in [-0.1, -0.05) is 41.4 Å². The lowest BCUT2D eigenvalue weighted by molar-refractivity contribution is -0.0346. The molecule has 2 aliphatic rings. The van der Waals surface area contributed by atoms with Gasteiger partial charge in [0.1, 0.15) is 0 Å². The van der Waals surface area contributed by atoms with Gasteiger partial charge in [-0.05, 0) is 30.3 Å². The van der Waals surface area contributed by atoms with E-state index in [0.29, 0.717) is 67.2 Å². The average molecular weight is 506 g/mol. The monoisotopic (exact) mass is 505 g/mol. The Morgan fingerprint density at radius 1 is 0.941 bits per heavy atom. The third kappa shape index (κ3) is 6.49. The zero-order chi connectivity index (χ0) is 23.9. The second-order valence-electron chi connectivity index (χ2n) is 8.44. The van der Waals surface area contributed by atoms with Crippen LogP contribution < -0.4 is 0 Å². The summed E-state index contributed by atoms with van der Waals surface area (Å²) in [6, 6.07) is 14.2. The van der Waals surface area contributed by atoms with Gasteiger partial charge in [-0.25, -0.2) is 0 Å². The molecule has 0 aliphatic carbocycles. The highest BCUT2D eigenvalue weighted by molar-refractivity contribution is 6.42. The minimum atomic E-state index is -0.280. The van der Waals surface area contributed by atoms with Crippen molar-refractivity contribution in [3.63, 3.8) is 0 Å². The van der Waals surface area contributed by atoms with Crippen LogP contribution in [0, 0.1) is 0 Å². The minimum Gasteiger partial charge on any atom is -0.379 e. The van der Waals surface area contributed by atoms with Gasteiger partial charge in [0.25, 0.3) is 11.8 Å². The molecule has 0 aromatic heterocycles. The van der Waals surface area contributed by atoms with Crippen LogP contribution in [0.25, 0.3) is 0 Å². The van der Waals surface area contributed by atoms with Gasteiger partial charge in [0, 0.05) is 56.9 Å². The quantitative estimate of drug-likeness (QED) is 0.577. The Bertz CT molecular complexity index is 985. The smallest absolute Gasteiger partial charge is 0.254 e. The van der Waals surface area contributed by atoms with E-state index >= 15 is 0 Å². The van der Waals surface area contributed by atoms with Crippen molar-refractivity contribution in [1.82, 2.24) is 14.7 Å². The topological polar surface area (TPSA) is 62.3 Å². The molecule has 0 N–H and O–H groups in total. The van der Waals surface area contributed by atoms with Crippen LogP contribution in [0.5, 0.6) is 0 Å². The number of benzene rings is 2. The van der Waals surface area contributed by atoms with E-state index in [9.17, 15) is 9.59 Å². The van der Waals surface area contributed by atoms with Crippen molar-refractivity contribution in [3.05, 3.63) is 69.7 Å². The Balaban J connectivity index is 1.43. The second kappa shape index (κ2) is 12.0. The van der Waals surface area contributed by atoms with Crippen molar-refractivity contribution in [2.24, 2.45) is 0 Å². The predicted octanol–water partition coefficient (Wildman–Crippen LogP) is 3.31. The first-order chi connectivity index (χ1) is 16.5. The molecule has 2 amide bonds. The van der Waals surface area contributed by atoms with Crippen molar-refractivity contribution in [3.8, 4) is 0 Å². The van der Waals surface area contributed by atoms with Gasteiger partial charge in [-0.2, -0.15) is 0 Å². The van der Waals surface area contributed by atoms with E-state index in [4.69, 9.17) is 32.7 Å². The summed E-state index contributed by atoms with van der Waals surface area (Å²) in [7, 11) is 0. The molecule has 2 aliphatic heterocycles. The summed E-state index contributed by atoms with van der Waals surface area (Å²) < 4.78 is 11.4. The molecular weight excluding hydrogens is 477 g/mol. The predicted molar refractivity (Wildman–Crippen MR) is 132 cm³/mol. The summed E-state index contributed by atoms with van der Waals surface area (Å²) in [5.74, 6) is -0.161. The van der Waals surface area contributed by atoms with Gasteiger partial charge in [-0.15, -0.1) is 0 Å². The van der Waals surface area contributed by atoms with E-state index in [1.807, 2.05) is 35.2 Å². The third-order valence-corrected chi connectivity index (χ3v) is 6.85. The molecule has 2 heterocycles. The number of hydrogen-bond donors (Lipinski definition) is 0. The van der Waals surface area contributed by atoms with E-state index in [0.717, 1.165) is 19.6 Å². The maximum atomic E-state index is 13.3. The highest BCUT2D eigenvalue weighted by Crippen LogP contribution is 2.24. The highest BCUT2D eigenvalue weighted by Gasteiger charge is 2.29. The molecule has 9 heteroatoms. The van der Waals surface area contributed by atoms with Crippen LogP contribution in [-0.4, -0.2) is 98.3 Å². The maximum Gasteiger partial charge on any atom is 0.254 e. The molecule has 1 atom stereocenters. The van der Waals surface area contributed by atoms with Crippen molar-refractivity contribution >= 4 is 35.0 Å². The van der Waals surface area contributed by atoms with Gasteiger partial charge in [0.05, 0.1) is 36.0 Å². The molecule has 2 aromatic rings. The summed E-state index contributed by atoms with van der Waals surface area (Å²) >= 11 is 12.1. The molecule has 0 radical (unpaired) electrons. The molecule has 2 aromatic carbocycles. The first-order valence-electron chi connectivity index (χ1n) is 11.5. The SMILES string of the molecule is O=C(c1ccc(Cl)c(Cl)c1)N1CCOC(CN(CCN2CCOCC2)C(=O)c2ccccc2)C1. The standard InChI is InChI=1S/C25H29Cl2N3O4/c26-22-7-6-20(16-23(22)27)25(32)30-12-15-34-21(18-30)17-29(9-8-28-10-13-33-14-11-28)24(31)19-4-2-1-3-5-19/h1-7,16,21H,8-15,17-18H2. The molecular formula is C25H29Cl2N3O4. The third-order valence-electron chi connectivity index (χ3n) is 6.11. The van der Waals surface area contributed by atoms with E-state index in [1.165, 1.54) is 0 Å². The molecule has 2 saturated heterocycles. The molecule has 1 unspecified atom stereocenters. The lowest BCUT2D eigenvalue weighted by Gasteiger charge is -2.37. The van der Waals surface area contributed by atoms with E-state index in [-0.39, 0.29) is 17.9 Å². The first-order valence-corrected chi connectivity index (χ1v) is 12.3. The number of carbonyl (C=O) groups excluding carboxylic acids is 2. The fourth-order valence-electron chi connectivity index (χ4n) is 4.20. The number of amides is 2. The Morgan fingerprint density at radius 2 is 1.71 bits per heavy atom. The Labute approximate surface area is 210 Å².